The van der Waals surface area contributed by atoms with Crippen LogP contribution in [0.2, 0.25) is 0 Å². The van der Waals surface area contributed by atoms with Crippen LogP contribution >= 0.6 is 0 Å². The molecule has 2 atom stereocenters. The molecule has 0 spiro atoms. The number of halogens is 2. The lowest BCUT2D eigenvalue weighted by Crippen LogP contribution is -2.52. The van der Waals surface area contributed by atoms with Crippen molar-refractivity contribution in [1.82, 2.24) is 5.32 Å². The van der Waals surface area contributed by atoms with Gasteiger partial charge in [-0.25, -0.2) is 13.8 Å². The first kappa shape index (κ1) is 27.6. The molecule has 0 aromatic heterocycles. The normalized spacial score (nSPS) is 18.1. The minimum Gasteiger partial charge on any atom is -0.494 e. The molecule has 11 heteroatoms. The highest BCUT2D eigenvalue weighted by Gasteiger charge is 2.50. The van der Waals surface area contributed by atoms with Gasteiger partial charge in [-0.05, 0) is 60.0 Å². The zero-order valence-corrected chi connectivity index (χ0v) is 21.2. The highest BCUT2D eigenvalue weighted by Crippen LogP contribution is 2.35. The van der Waals surface area contributed by atoms with E-state index in [1.807, 2.05) is 0 Å². The fourth-order valence-corrected chi connectivity index (χ4v) is 4.22. The predicted octanol–water partition coefficient (Wildman–Crippen LogP) is 5.13. The minimum absolute atomic E-state index is 0.0314. The van der Waals surface area contributed by atoms with Crippen molar-refractivity contribution < 1.29 is 28.2 Å². The lowest BCUT2D eigenvalue weighted by molar-refractivity contribution is -0.128. The molecule has 9 nitrogen and oxygen atoms in total. The fraction of sp³-hybridized carbons (Fsp3) is 0.286. The van der Waals surface area contributed by atoms with Gasteiger partial charge in [0.15, 0.2) is 17.2 Å². The average molecular weight is 536 g/mol. The second-order valence-corrected chi connectivity index (χ2v) is 8.98. The van der Waals surface area contributed by atoms with Crippen LogP contribution in [-0.2, 0) is 22.5 Å². The SMILES string of the molecule is C[C@H]1OC(c2ccc(OCCCO)cc2)=N[C@@]1(Cc1ccccc1N=[N+]=[N-])C(=O)NCc1ccc(F)c(F)c1. The van der Waals surface area contributed by atoms with E-state index in [0.717, 1.165) is 12.1 Å². The van der Waals surface area contributed by atoms with Gasteiger partial charge in [-0.15, -0.1) is 0 Å². The van der Waals surface area contributed by atoms with Crippen LogP contribution in [0.15, 0.2) is 76.8 Å². The van der Waals surface area contributed by atoms with E-state index in [-0.39, 0.29) is 25.5 Å². The molecule has 0 fully saturated rings. The monoisotopic (exact) mass is 535 g/mol. The quantitative estimate of drug-likeness (QED) is 0.153. The van der Waals surface area contributed by atoms with Crippen molar-refractivity contribution in [3.63, 3.8) is 0 Å². The summed E-state index contributed by atoms with van der Waals surface area (Å²) in [6.45, 7) is 2.06. The molecule has 0 aliphatic carbocycles. The number of ether oxygens (including phenoxy) is 2. The van der Waals surface area contributed by atoms with Crippen LogP contribution in [0.25, 0.3) is 10.4 Å². The largest absolute Gasteiger partial charge is 0.494 e. The molecule has 1 aliphatic heterocycles. The second-order valence-electron chi connectivity index (χ2n) is 8.98. The molecule has 39 heavy (non-hydrogen) atoms. The Labute approximate surface area is 223 Å². The smallest absolute Gasteiger partial charge is 0.252 e. The number of hydrogen-bond donors (Lipinski definition) is 2. The Morgan fingerprint density at radius 2 is 1.95 bits per heavy atom. The maximum absolute atomic E-state index is 13.7. The zero-order chi connectivity index (χ0) is 27.8. The van der Waals surface area contributed by atoms with Gasteiger partial charge in [0.25, 0.3) is 5.91 Å². The summed E-state index contributed by atoms with van der Waals surface area (Å²) in [5, 5.41) is 15.5. The van der Waals surface area contributed by atoms with Gasteiger partial charge in [-0.1, -0.05) is 35.4 Å². The Morgan fingerprint density at radius 1 is 1.18 bits per heavy atom. The zero-order valence-electron chi connectivity index (χ0n) is 21.2. The predicted molar refractivity (Wildman–Crippen MR) is 141 cm³/mol. The van der Waals surface area contributed by atoms with Crippen LogP contribution in [0.3, 0.4) is 0 Å². The number of benzene rings is 3. The standard InChI is InChI=1S/C28H27F2N5O4/c1-18-28(16-21-5-2-3-6-25(21)34-35-31,27(37)32-17-19-7-12-23(29)24(30)15-19)33-26(39-18)20-8-10-22(11-9-20)38-14-4-13-36/h2-3,5-12,15,18,36H,4,13-14,16-17H2,1H3,(H,32,37)/t18-,28-/m1/s1. The van der Waals surface area contributed by atoms with Gasteiger partial charge in [0.05, 0.1) is 6.61 Å². The molecule has 0 saturated heterocycles. The van der Waals surface area contributed by atoms with E-state index < -0.39 is 29.2 Å². The van der Waals surface area contributed by atoms with Crippen LogP contribution in [0, 0.1) is 11.6 Å². The number of azide groups is 1. The van der Waals surface area contributed by atoms with Crippen molar-refractivity contribution in [2.45, 2.75) is 38.0 Å². The minimum atomic E-state index is -1.45. The van der Waals surface area contributed by atoms with Crippen LogP contribution in [-0.4, -0.2) is 41.8 Å². The maximum atomic E-state index is 13.7. The Balaban J connectivity index is 1.66. The number of amides is 1. The van der Waals surface area contributed by atoms with Gasteiger partial charge in [-0.3, -0.25) is 4.79 Å². The van der Waals surface area contributed by atoms with Crippen LogP contribution in [0.4, 0.5) is 14.5 Å². The first-order chi connectivity index (χ1) is 18.9. The molecule has 3 aromatic rings. The second kappa shape index (κ2) is 12.4. The van der Waals surface area contributed by atoms with Crippen molar-refractivity contribution in [1.29, 1.82) is 0 Å². The molecule has 202 valence electrons. The van der Waals surface area contributed by atoms with Crippen molar-refractivity contribution in [3.05, 3.63) is 105 Å². The van der Waals surface area contributed by atoms with E-state index in [4.69, 9.17) is 25.1 Å². The number of carbonyl (C=O) groups excluding carboxylic acids is 1. The van der Waals surface area contributed by atoms with Crippen LogP contribution in [0.5, 0.6) is 5.75 Å². The molecule has 2 N–H and O–H groups in total. The number of nitrogens with one attached hydrogen (secondary N) is 1. The number of rotatable bonds is 11. The first-order valence-electron chi connectivity index (χ1n) is 12.3. The molecule has 1 heterocycles. The number of aliphatic hydroxyl groups excluding tert-OH is 1. The van der Waals surface area contributed by atoms with Gasteiger partial charge in [0.2, 0.25) is 5.90 Å². The number of nitrogens with zero attached hydrogens (tertiary/aromatic N) is 4. The molecule has 0 radical (unpaired) electrons. The lowest BCUT2D eigenvalue weighted by Gasteiger charge is -2.28. The summed E-state index contributed by atoms with van der Waals surface area (Å²) < 4.78 is 38.7. The molecule has 0 unspecified atom stereocenters. The Hall–Kier alpha value is -4.47. The molecule has 1 amide bonds. The maximum Gasteiger partial charge on any atom is 0.252 e. The van der Waals surface area contributed by atoms with Crippen molar-refractivity contribution in [2.24, 2.45) is 10.1 Å². The van der Waals surface area contributed by atoms with Crippen LogP contribution in [0.1, 0.15) is 30.0 Å². The summed E-state index contributed by atoms with van der Waals surface area (Å²) >= 11 is 0. The fourth-order valence-electron chi connectivity index (χ4n) is 4.22. The third-order valence-electron chi connectivity index (χ3n) is 6.37. The van der Waals surface area contributed by atoms with E-state index >= 15 is 0 Å². The molecule has 0 bridgehead atoms. The topological polar surface area (TPSA) is 129 Å². The van der Waals surface area contributed by atoms with Gasteiger partial charge < -0.3 is 19.9 Å². The lowest BCUT2D eigenvalue weighted by atomic mass is 9.85. The molecule has 1 aliphatic rings. The van der Waals surface area contributed by atoms with E-state index in [1.165, 1.54) is 6.07 Å². The number of aliphatic hydroxyl groups is 1. The molecule has 4 rings (SSSR count). The molecule has 3 aromatic carbocycles. The highest BCUT2D eigenvalue weighted by molar-refractivity contribution is 6.01. The van der Waals surface area contributed by atoms with E-state index in [9.17, 15) is 13.6 Å². The van der Waals surface area contributed by atoms with E-state index in [1.54, 1.807) is 55.5 Å². The summed E-state index contributed by atoms with van der Waals surface area (Å²) in [5.74, 6) is -1.63. The average Bonchev–Trinajstić information content (AvgIpc) is 3.27. The van der Waals surface area contributed by atoms with Crippen molar-refractivity contribution in [3.8, 4) is 5.75 Å². The van der Waals surface area contributed by atoms with E-state index in [0.29, 0.717) is 41.2 Å². The third kappa shape index (κ3) is 6.34. The number of carbonyl (C=O) groups is 1. The Morgan fingerprint density at radius 3 is 2.67 bits per heavy atom. The Kier molecular flexibility index (Phi) is 8.75. The summed E-state index contributed by atoms with van der Waals surface area (Å²) in [4.78, 5) is 21.4. The number of aliphatic imine (C=N–C) groups is 1. The highest BCUT2D eigenvalue weighted by atomic mass is 19.2. The summed E-state index contributed by atoms with van der Waals surface area (Å²) in [7, 11) is 0. The van der Waals surface area contributed by atoms with Gasteiger partial charge in [0, 0.05) is 42.2 Å². The van der Waals surface area contributed by atoms with Crippen molar-refractivity contribution in [2.75, 3.05) is 13.2 Å². The summed E-state index contributed by atoms with van der Waals surface area (Å²) in [6.07, 6.45) is -0.162. The van der Waals surface area contributed by atoms with Crippen molar-refractivity contribution >= 4 is 17.5 Å². The molecular weight excluding hydrogens is 508 g/mol. The Bertz CT molecular complexity index is 1410. The van der Waals surface area contributed by atoms with E-state index in [2.05, 4.69) is 15.3 Å². The summed E-state index contributed by atoms with van der Waals surface area (Å²) in [5.41, 5.74) is 9.50. The molecule has 0 saturated carbocycles. The first-order valence-corrected chi connectivity index (χ1v) is 12.3. The summed E-state index contributed by atoms with van der Waals surface area (Å²) in [6, 6.07) is 17.3. The van der Waals surface area contributed by atoms with Gasteiger partial charge in [0.1, 0.15) is 11.9 Å². The van der Waals surface area contributed by atoms with Gasteiger partial charge >= 0.3 is 0 Å². The van der Waals surface area contributed by atoms with Crippen LogP contribution < -0.4 is 10.1 Å². The molecular formula is C28H27F2N5O4. The number of hydrogen-bond acceptors (Lipinski definition) is 6. The van der Waals surface area contributed by atoms with Gasteiger partial charge in [-0.2, -0.15) is 0 Å². The third-order valence-corrected chi connectivity index (χ3v) is 6.37.